The van der Waals surface area contributed by atoms with Gasteiger partial charge in [-0.1, -0.05) is 42.8 Å². The van der Waals surface area contributed by atoms with Crippen LogP contribution in [0.15, 0.2) is 36.4 Å². The zero-order valence-electron chi connectivity index (χ0n) is 20.3. The number of rotatable bonds is 8. The van der Waals surface area contributed by atoms with Crippen LogP contribution in [0.1, 0.15) is 58.9 Å². The first-order valence-electron chi connectivity index (χ1n) is 11.9. The topological polar surface area (TPSA) is 86.8 Å². The van der Waals surface area contributed by atoms with Gasteiger partial charge in [0.2, 0.25) is 23.6 Å². The van der Waals surface area contributed by atoms with Gasteiger partial charge in [-0.25, -0.2) is 0 Å². The minimum atomic E-state index is -0.681. The van der Waals surface area contributed by atoms with Crippen molar-refractivity contribution in [1.82, 2.24) is 15.1 Å². The number of carbonyl (C=O) groups excluding carboxylic acids is 4. The summed E-state index contributed by atoms with van der Waals surface area (Å²) in [5.74, 6) is -1.55. The van der Waals surface area contributed by atoms with Gasteiger partial charge in [-0.05, 0) is 57.7 Å². The Morgan fingerprint density at radius 2 is 1.65 bits per heavy atom. The lowest BCUT2D eigenvalue weighted by atomic mass is 9.85. The van der Waals surface area contributed by atoms with Crippen molar-refractivity contribution < 1.29 is 19.2 Å². The van der Waals surface area contributed by atoms with Gasteiger partial charge in [0.05, 0.1) is 11.8 Å². The summed E-state index contributed by atoms with van der Waals surface area (Å²) in [6.45, 7) is 7.78. The molecule has 4 amide bonds. The fraction of sp³-hybridized carbons (Fsp3) is 0.538. The average molecular weight is 488 g/mol. The molecular formula is C26H34ClN3O4. The third-order valence-corrected chi connectivity index (χ3v) is 6.55. The molecule has 34 heavy (non-hydrogen) atoms. The second kappa shape index (κ2) is 10.7. The van der Waals surface area contributed by atoms with Crippen LogP contribution in [0, 0.1) is 11.8 Å². The molecule has 1 aliphatic heterocycles. The summed E-state index contributed by atoms with van der Waals surface area (Å²) in [7, 11) is 0. The van der Waals surface area contributed by atoms with E-state index < -0.39 is 11.6 Å². The lowest BCUT2D eigenvalue weighted by molar-refractivity contribution is -0.144. The number of imide groups is 1. The fourth-order valence-electron chi connectivity index (χ4n) is 4.60. The molecule has 184 valence electrons. The molecule has 7 nitrogen and oxygen atoms in total. The summed E-state index contributed by atoms with van der Waals surface area (Å²) in [5, 5.41) is 3.55. The quantitative estimate of drug-likeness (QED) is 0.447. The van der Waals surface area contributed by atoms with Crippen molar-refractivity contribution in [3.05, 3.63) is 47.0 Å². The molecule has 3 atom stereocenters. The summed E-state index contributed by atoms with van der Waals surface area (Å²) in [6, 6.07) is 6.45. The largest absolute Gasteiger partial charge is 0.350 e. The first-order chi connectivity index (χ1) is 16.0. The van der Waals surface area contributed by atoms with E-state index in [1.165, 1.54) is 4.90 Å². The first-order valence-corrected chi connectivity index (χ1v) is 12.3. The Hall–Kier alpha value is -2.67. The third-order valence-electron chi connectivity index (χ3n) is 6.30. The molecule has 0 bridgehead atoms. The second-order valence-corrected chi connectivity index (χ2v) is 10.5. The average Bonchev–Trinajstić information content (AvgIpc) is 3.02. The Morgan fingerprint density at radius 1 is 1.09 bits per heavy atom. The summed E-state index contributed by atoms with van der Waals surface area (Å²) in [5.41, 5.74) is 0.392. The van der Waals surface area contributed by atoms with E-state index in [9.17, 15) is 19.2 Å². The van der Waals surface area contributed by atoms with Crippen LogP contribution in [-0.4, -0.2) is 51.6 Å². The molecule has 1 heterocycles. The van der Waals surface area contributed by atoms with Gasteiger partial charge in [-0.3, -0.25) is 24.1 Å². The Labute approximate surface area is 206 Å². The van der Waals surface area contributed by atoms with E-state index in [-0.39, 0.29) is 55.0 Å². The molecule has 2 aliphatic rings. The number of amides is 4. The van der Waals surface area contributed by atoms with Crippen molar-refractivity contribution in [2.75, 3.05) is 6.54 Å². The minimum absolute atomic E-state index is 0.0257. The molecule has 1 aromatic carbocycles. The van der Waals surface area contributed by atoms with Crippen LogP contribution >= 0.6 is 11.6 Å². The predicted octanol–water partition coefficient (Wildman–Crippen LogP) is 3.70. The van der Waals surface area contributed by atoms with Crippen LogP contribution in [-0.2, 0) is 25.7 Å². The normalized spacial score (nSPS) is 20.8. The van der Waals surface area contributed by atoms with E-state index in [1.807, 2.05) is 52.0 Å². The summed E-state index contributed by atoms with van der Waals surface area (Å²) < 4.78 is 0. The highest BCUT2D eigenvalue weighted by Crippen LogP contribution is 2.35. The summed E-state index contributed by atoms with van der Waals surface area (Å²) >= 11 is 6.01. The molecule has 1 saturated heterocycles. The summed E-state index contributed by atoms with van der Waals surface area (Å²) in [6.07, 6.45) is 5.40. The monoisotopic (exact) mass is 487 g/mol. The van der Waals surface area contributed by atoms with Gasteiger partial charge >= 0.3 is 0 Å². The maximum atomic E-state index is 13.4. The SMILES string of the molecule is CC[C@@H](C(=O)NC(C)(C)C)N(Cc1ccc(Cl)cc1)C(=O)CCN1C(=O)[C@H]2CC=CC[C@H]2C1=O. The molecule has 0 unspecified atom stereocenters. The lowest BCUT2D eigenvalue weighted by Crippen LogP contribution is -2.53. The van der Waals surface area contributed by atoms with Crippen LogP contribution in [0.25, 0.3) is 0 Å². The van der Waals surface area contributed by atoms with Gasteiger partial charge in [-0.15, -0.1) is 0 Å². The van der Waals surface area contributed by atoms with E-state index in [0.717, 1.165) is 5.56 Å². The van der Waals surface area contributed by atoms with E-state index in [2.05, 4.69) is 5.32 Å². The fourth-order valence-corrected chi connectivity index (χ4v) is 4.73. The molecule has 1 fully saturated rings. The lowest BCUT2D eigenvalue weighted by Gasteiger charge is -2.33. The number of allylic oxidation sites excluding steroid dienone is 2. The molecular weight excluding hydrogens is 454 g/mol. The number of carbonyl (C=O) groups is 4. The van der Waals surface area contributed by atoms with Crippen LogP contribution in [0.3, 0.4) is 0 Å². The highest BCUT2D eigenvalue weighted by atomic mass is 35.5. The Kier molecular flexibility index (Phi) is 8.18. The molecule has 1 aromatic rings. The molecule has 1 N–H and O–H groups in total. The molecule has 0 spiro atoms. The van der Waals surface area contributed by atoms with E-state index in [4.69, 9.17) is 11.6 Å². The van der Waals surface area contributed by atoms with Crippen LogP contribution in [0.2, 0.25) is 5.02 Å². The Morgan fingerprint density at radius 3 is 2.15 bits per heavy atom. The third kappa shape index (κ3) is 6.06. The highest BCUT2D eigenvalue weighted by Gasteiger charge is 2.47. The molecule has 1 aliphatic carbocycles. The number of halogens is 1. The molecule has 0 radical (unpaired) electrons. The van der Waals surface area contributed by atoms with Crippen molar-refractivity contribution in [2.24, 2.45) is 11.8 Å². The number of hydrogen-bond acceptors (Lipinski definition) is 4. The molecule has 0 saturated carbocycles. The van der Waals surface area contributed by atoms with Gasteiger partial charge in [0.15, 0.2) is 0 Å². The molecule has 3 rings (SSSR count). The maximum absolute atomic E-state index is 13.4. The number of nitrogens with zero attached hydrogens (tertiary/aromatic N) is 2. The van der Waals surface area contributed by atoms with Crippen molar-refractivity contribution >= 4 is 35.2 Å². The van der Waals surface area contributed by atoms with Crippen molar-refractivity contribution in [3.63, 3.8) is 0 Å². The predicted molar refractivity (Wildman–Crippen MR) is 131 cm³/mol. The highest BCUT2D eigenvalue weighted by molar-refractivity contribution is 6.30. The van der Waals surface area contributed by atoms with Gasteiger partial charge in [0.25, 0.3) is 0 Å². The smallest absolute Gasteiger partial charge is 0.243 e. The van der Waals surface area contributed by atoms with Crippen molar-refractivity contribution in [1.29, 1.82) is 0 Å². The van der Waals surface area contributed by atoms with Gasteiger partial charge in [0, 0.05) is 30.1 Å². The summed E-state index contributed by atoms with van der Waals surface area (Å²) in [4.78, 5) is 54.8. The number of benzene rings is 1. The van der Waals surface area contributed by atoms with Gasteiger partial charge < -0.3 is 10.2 Å². The van der Waals surface area contributed by atoms with Crippen LogP contribution < -0.4 is 5.32 Å². The number of likely N-dealkylation sites (tertiary alicyclic amines) is 1. The van der Waals surface area contributed by atoms with E-state index in [0.29, 0.717) is 24.3 Å². The van der Waals surface area contributed by atoms with E-state index >= 15 is 0 Å². The number of nitrogens with one attached hydrogen (secondary N) is 1. The first kappa shape index (κ1) is 25.9. The number of hydrogen-bond donors (Lipinski definition) is 1. The molecule has 0 aromatic heterocycles. The zero-order valence-corrected chi connectivity index (χ0v) is 21.1. The van der Waals surface area contributed by atoms with Gasteiger partial charge in [0.1, 0.15) is 6.04 Å². The standard InChI is InChI=1S/C26H34ClN3O4/c1-5-21(23(32)28-26(2,3)4)30(16-17-10-12-18(27)13-11-17)22(31)14-15-29-24(33)19-8-6-7-9-20(19)25(29)34/h6-7,10-13,19-21H,5,8-9,14-16H2,1-4H3,(H,28,32)/t19-,20+,21-/m0/s1. The zero-order chi connectivity index (χ0) is 25.0. The Balaban J connectivity index is 1.77. The van der Waals surface area contributed by atoms with Crippen LogP contribution in [0.4, 0.5) is 0 Å². The van der Waals surface area contributed by atoms with Gasteiger partial charge in [-0.2, -0.15) is 0 Å². The number of fused-ring (bicyclic) bond motifs is 1. The second-order valence-electron chi connectivity index (χ2n) is 10.0. The van der Waals surface area contributed by atoms with E-state index in [1.54, 1.807) is 17.0 Å². The molecule has 8 heteroatoms. The Bertz CT molecular complexity index is 941. The maximum Gasteiger partial charge on any atom is 0.243 e. The van der Waals surface area contributed by atoms with Crippen LogP contribution in [0.5, 0.6) is 0 Å². The van der Waals surface area contributed by atoms with Crippen molar-refractivity contribution in [2.45, 2.75) is 71.5 Å². The minimum Gasteiger partial charge on any atom is -0.350 e. The van der Waals surface area contributed by atoms with Crippen molar-refractivity contribution in [3.8, 4) is 0 Å².